The summed E-state index contributed by atoms with van der Waals surface area (Å²) in [4.78, 5) is 23.5. The fraction of sp³-hybridized carbons (Fsp3) is 0.222. The Hall–Kier alpha value is -2.82. The molecule has 0 bridgehead atoms. The molecule has 0 aliphatic heterocycles. The van der Waals surface area contributed by atoms with Crippen LogP contribution in [0.25, 0.3) is 0 Å². The molecular formula is C18H19NO4. The SMILES string of the molecule is CC(C)Cc1cccc(NC(=O)Oc2ccccc2)c1C(=O)O. The molecule has 23 heavy (non-hydrogen) atoms. The van der Waals surface area contributed by atoms with Crippen LogP contribution in [0.1, 0.15) is 29.8 Å². The van der Waals surface area contributed by atoms with Gasteiger partial charge in [-0.3, -0.25) is 5.32 Å². The van der Waals surface area contributed by atoms with Gasteiger partial charge in [0.15, 0.2) is 0 Å². The van der Waals surface area contributed by atoms with E-state index in [1.54, 1.807) is 42.5 Å². The van der Waals surface area contributed by atoms with E-state index in [4.69, 9.17) is 4.74 Å². The first-order valence-corrected chi connectivity index (χ1v) is 7.36. The molecule has 0 unspecified atom stereocenters. The summed E-state index contributed by atoms with van der Waals surface area (Å²) in [6.07, 6.45) is -0.106. The topological polar surface area (TPSA) is 75.6 Å². The lowest BCUT2D eigenvalue weighted by Crippen LogP contribution is -2.19. The van der Waals surface area contributed by atoms with Gasteiger partial charge in [0.25, 0.3) is 0 Å². The maximum absolute atomic E-state index is 12.0. The van der Waals surface area contributed by atoms with Gasteiger partial charge in [-0.25, -0.2) is 9.59 Å². The van der Waals surface area contributed by atoms with E-state index in [1.807, 2.05) is 19.9 Å². The molecule has 2 rings (SSSR count). The Morgan fingerprint density at radius 1 is 1.09 bits per heavy atom. The summed E-state index contributed by atoms with van der Waals surface area (Å²) in [6.45, 7) is 4.02. The molecule has 0 fully saturated rings. The van der Waals surface area contributed by atoms with E-state index in [9.17, 15) is 14.7 Å². The Morgan fingerprint density at radius 2 is 1.78 bits per heavy atom. The second-order valence-electron chi connectivity index (χ2n) is 5.57. The molecule has 2 N–H and O–H groups in total. The van der Waals surface area contributed by atoms with Crippen LogP contribution >= 0.6 is 0 Å². The largest absolute Gasteiger partial charge is 0.478 e. The van der Waals surface area contributed by atoms with Crippen molar-refractivity contribution < 1.29 is 19.4 Å². The summed E-state index contributed by atoms with van der Waals surface area (Å²) in [7, 11) is 0. The van der Waals surface area contributed by atoms with Crippen molar-refractivity contribution in [1.82, 2.24) is 0 Å². The molecule has 5 nitrogen and oxygen atoms in total. The third-order valence-electron chi connectivity index (χ3n) is 3.18. The summed E-state index contributed by atoms with van der Waals surface area (Å²) in [5.74, 6) is -0.379. The normalized spacial score (nSPS) is 10.4. The maximum atomic E-state index is 12.0. The highest BCUT2D eigenvalue weighted by atomic mass is 16.6. The van der Waals surface area contributed by atoms with Crippen LogP contribution < -0.4 is 10.1 Å². The van der Waals surface area contributed by atoms with E-state index in [0.29, 0.717) is 23.7 Å². The van der Waals surface area contributed by atoms with Crippen molar-refractivity contribution >= 4 is 17.7 Å². The Bertz CT molecular complexity index is 695. The number of carbonyl (C=O) groups is 2. The van der Waals surface area contributed by atoms with E-state index in [2.05, 4.69) is 5.32 Å². The number of benzene rings is 2. The zero-order valence-corrected chi connectivity index (χ0v) is 13.1. The molecule has 1 amide bonds. The standard InChI is InChI=1S/C18H19NO4/c1-12(2)11-13-7-6-10-15(16(13)17(20)21)19-18(22)23-14-8-4-3-5-9-14/h3-10,12H,11H2,1-2H3,(H,19,22)(H,20,21). The Kier molecular flexibility index (Phi) is 5.36. The summed E-state index contributed by atoms with van der Waals surface area (Å²) in [5, 5.41) is 12.0. The highest BCUT2D eigenvalue weighted by Crippen LogP contribution is 2.23. The number of carbonyl (C=O) groups excluding carboxylic acids is 1. The lowest BCUT2D eigenvalue weighted by molar-refractivity contribution is 0.0696. The van der Waals surface area contributed by atoms with Crippen LogP contribution in [-0.4, -0.2) is 17.2 Å². The number of anilines is 1. The molecule has 0 aliphatic rings. The van der Waals surface area contributed by atoms with Crippen LogP contribution in [0.3, 0.4) is 0 Å². The number of para-hydroxylation sites is 1. The van der Waals surface area contributed by atoms with Gasteiger partial charge in [0.1, 0.15) is 5.75 Å². The van der Waals surface area contributed by atoms with E-state index >= 15 is 0 Å². The smallest absolute Gasteiger partial charge is 0.417 e. The Balaban J connectivity index is 2.21. The lowest BCUT2D eigenvalue weighted by Gasteiger charge is -2.14. The van der Waals surface area contributed by atoms with Crippen molar-refractivity contribution in [1.29, 1.82) is 0 Å². The molecule has 5 heteroatoms. The molecular weight excluding hydrogens is 294 g/mol. The monoisotopic (exact) mass is 313 g/mol. The van der Waals surface area contributed by atoms with Gasteiger partial charge in [0.05, 0.1) is 11.3 Å². The van der Waals surface area contributed by atoms with Crippen LogP contribution in [0.15, 0.2) is 48.5 Å². The highest BCUT2D eigenvalue weighted by molar-refractivity contribution is 6.00. The van der Waals surface area contributed by atoms with Gasteiger partial charge in [0.2, 0.25) is 0 Å². The van der Waals surface area contributed by atoms with Crippen molar-refractivity contribution in [2.45, 2.75) is 20.3 Å². The summed E-state index contributed by atoms with van der Waals surface area (Å²) < 4.78 is 5.13. The van der Waals surface area contributed by atoms with Crippen LogP contribution in [0.2, 0.25) is 0 Å². The predicted molar refractivity (Wildman–Crippen MR) is 88.0 cm³/mol. The van der Waals surface area contributed by atoms with Gasteiger partial charge in [-0.1, -0.05) is 44.2 Å². The molecule has 0 atom stereocenters. The van der Waals surface area contributed by atoms with Gasteiger partial charge < -0.3 is 9.84 Å². The quantitative estimate of drug-likeness (QED) is 0.867. The summed E-state index contributed by atoms with van der Waals surface area (Å²) in [5.41, 5.74) is 1.02. The first kappa shape index (κ1) is 16.5. The molecule has 0 radical (unpaired) electrons. The van der Waals surface area contributed by atoms with Crippen molar-refractivity contribution in [3.8, 4) is 5.75 Å². The number of carboxylic acids is 1. The van der Waals surface area contributed by atoms with Gasteiger partial charge >= 0.3 is 12.1 Å². The summed E-state index contributed by atoms with van der Waals surface area (Å²) in [6, 6.07) is 13.6. The molecule has 0 aromatic heterocycles. The molecule has 2 aromatic carbocycles. The number of rotatable bonds is 5. The molecule has 120 valence electrons. The second kappa shape index (κ2) is 7.45. The van der Waals surface area contributed by atoms with Gasteiger partial charge in [-0.2, -0.15) is 0 Å². The van der Waals surface area contributed by atoms with Gasteiger partial charge in [0, 0.05) is 0 Å². The molecule has 0 saturated heterocycles. The van der Waals surface area contributed by atoms with E-state index in [1.165, 1.54) is 0 Å². The number of aromatic carboxylic acids is 1. The van der Waals surface area contributed by atoms with E-state index in [-0.39, 0.29) is 11.3 Å². The maximum Gasteiger partial charge on any atom is 0.417 e. The van der Waals surface area contributed by atoms with Crippen molar-refractivity contribution in [2.24, 2.45) is 5.92 Å². The average Bonchev–Trinajstić information content (AvgIpc) is 2.47. The third-order valence-corrected chi connectivity index (χ3v) is 3.18. The van der Waals surface area contributed by atoms with Crippen molar-refractivity contribution in [2.75, 3.05) is 5.32 Å². The van der Waals surface area contributed by atoms with Gasteiger partial charge in [-0.15, -0.1) is 0 Å². The van der Waals surface area contributed by atoms with Crippen molar-refractivity contribution in [3.05, 3.63) is 59.7 Å². The number of hydrogen-bond donors (Lipinski definition) is 2. The number of carboxylic acid groups (broad SMARTS) is 1. The lowest BCUT2D eigenvalue weighted by atomic mass is 9.97. The zero-order valence-electron chi connectivity index (χ0n) is 13.1. The first-order chi connectivity index (χ1) is 11.0. The molecule has 0 spiro atoms. The fourth-order valence-electron chi connectivity index (χ4n) is 2.30. The molecule has 0 heterocycles. The predicted octanol–water partition coefficient (Wildman–Crippen LogP) is 4.19. The van der Waals surface area contributed by atoms with Crippen LogP contribution in [-0.2, 0) is 6.42 Å². The van der Waals surface area contributed by atoms with E-state index in [0.717, 1.165) is 0 Å². The number of amides is 1. The Labute approximate surface area is 134 Å². The minimum absolute atomic E-state index is 0.103. The number of ether oxygens (including phenoxy) is 1. The second-order valence-corrected chi connectivity index (χ2v) is 5.57. The van der Waals surface area contributed by atoms with Crippen molar-refractivity contribution in [3.63, 3.8) is 0 Å². The average molecular weight is 313 g/mol. The fourth-order valence-corrected chi connectivity index (χ4v) is 2.30. The first-order valence-electron chi connectivity index (χ1n) is 7.36. The highest BCUT2D eigenvalue weighted by Gasteiger charge is 2.18. The molecule has 2 aromatic rings. The Morgan fingerprint density at radius 3 is 2.39 bits per heavy atom. The van der Waals surface area contributed by atoms with E-state index < -0.39 is 12.1 Å². The van der Waals surface area contributed by atoms with Crippen LogP contribution in [0.4, 0.5) is 10.5 Å². The van der Waals surface area contributed by atoms with Crippen LogP contribution in [0, 0.1) is 5.92 Å². The third kappa shape index (κ3) is 4.57. The molecule has 0 aliphatic carbocycles. The minimum Gasteiger partial charge on any atom is -0.478 e. The number of nitrogens with one attached hydrogen (secondary N) is 1. The number of hydrogen-bond acceptors (Lipinski definition) is 3. The van der Waals surface area contributed by atoms with Crippen LogP contribution in [0.5, 0.6) is 5.75 Å². The minimum atomic E-state index is -1.07. The zero-order chi connectivity index (χ0) is 16.8. The molecule has 0 saturated carbocycles. The van der Waals surface area contributed by atoms with Gasteiger partial charge in [-0.05, 0) is 36.1 Å². The summed E-state index contributed by atoms with van der Waals surface area (Å²) >= 11 is 0.